The molecule has 1 saturated heterocycles. The van der Waals surface area contributed by atoms with Gasteiger partial charge < -0.3 is 15.0 Å². The van der Waals surface area contributed by atoms with Crippen molar-refractivity contribution in [3.8, 4) is 0 Å². The molecule has 1 aliphatic carbocycles. The van der Waals surface area contributed by atoms with Crippen molar-refractivity contribution in [2.24, 2.45) is 5.73 Å². The minimum atomic E-state index is 0.227. The zero-order valence-corrected chi connectivity index (χ0v) is 12.6. The Kier molecular flexibility index (Phi) is 3.27. The van der Waals surface area contributed by atoms with E-state index >= 15 is 0 Å². The zero-order chi connectivity index (χ0) is 14.3. The molecule has 3 nitrogen and oxygen atoms in total. The zero-order valence-electron chi connectivity index (χ0n) is 12.6. The fraction of sp³-hybridized carbons (Fsp3) is 0.556. The van der Waals surface area contributed by atoms with E-state index in [1.807, 2.05) is 0 Å². The summed E-state index contributed by atoms with van der Waals surface area (Å²) in [5, 5.41) is 1.28. The van der Waals surface area contributed by atoms with E-state index in [0.29, 0.717) is 12.6 Å². The minimum absolute atomic E-state index is 0.227. The summed E-state index contributed by atoms with van der Waals surface area (Å²) in [5.74, 6) is 0. The highest BCUT2D eigenvalue weighted by Crippen LogP contribution is 2.43. The Labute approximate surface area is 126 Å². The molecule has 1 spiro atoms. The lowest BCUT2D eigenvalue weighted by Gasteiger charge is -2.24. The molecular formula is C18H24N2O. The van der Waals surface area contributed by atoms with Gasteiger partial charge in [0.2, 0.25) is 0 Å². The van der Waals surface area contributed by atoms with Crippen LogP contribution in [-0.2, 0) is 17.8 Å². The number of ether oxygens (including phenoxy) is 1. The second-order valence-electron chi connectivity index (χ2n) is 6.70. The van der Waals surface area contributed by atoms with Crippen LogP contribution in [0, 0.1) is 0 Å². The lowest BCUT2D eigenvalue weighted by atomic mass is 9.98. The van der Waals surface area contributed by atoms with E-state index < -0.39 is 0 Å². The van der Waals surface area contributed by atoms with Gasteiger partial charge in [-0.05, 0) is 42.7 Å². The normalized spacial score (nSPS) is 24.3. The Morgan fingerprint density at radius 3 is 2.86 bits per heavy atom. The molecule has 2 fully saturated rings. The second-order valence-corrected chi connectivity index (χ2v) is 6.70. The maximum atomic E-state index is 6.45. The van der Waals surface area contributed by atoms with Gasteiger partial charge in [-0.1, -0.05) is 31.0 Å². The van der Waals surface area contributed by atoms with Gasteiger partial charge in [0, 0.05) is 19.3 Å². The summed E-state index contributed by atoms with van der Waals surface area (Å²) in [6.45, 7) is 1.55. The van der Waals surface area contributed by atoms with Crippen LogP contribution in [0.25, 0.3) is 10.9 Å². The number of fused-ring (bicyclic) bond motifs is 1. The van der Waals surface area contributed by atoms with Gasteiger partial charge in [-0.15, -0.1) is 0 Å². The summed E-state index contributed by atoms with van der Waals surface area (Å²) in [6, 6.07) is 8.58. The molecule has 4 rings (SSSR count). The average molecular weight is 284 g/mol. The highest BCUT2D eigenvalue weighted by molar-refractivity contribution is 5.83. The van der Waals surface area contributed by atoms with Crippen molar-refractivity contribution in [1.82, 2.24) is 4.57 Å². The first-order valence-corrected chi connectivity index (χ1v) is 8.24. The van der Waals surface area contributed by atoms with Gasteiger partial charge in [-0.2, -0.15) is 0 Å². The van der Waals surface area contributed by atoms with Gasteiger partial charge in [-0.25, -0.2) is 0 Å². The number of aromatic nitrogens is 1. The molecular weight excluding hydrogens is 260 g/mol. The second kappa shape index (κ2) is 5.15. The van der Waals surface area contributed by atoms with Crippen molar-refractivity contribution < 1.29 is 4.74 Å². The molecule has 0 bridgehead atoms. The lowest BCUT2D eigenvalue weighted by Crippen LogP contribution is -2.26. The van der Waals surface area contributed by atoms with E-state index in [4.69, 9.17) is 10.5 Å². The van der Waals surface area contributed by atoms with Crippen LogP contribution in [0.15, 0.2) is 30.5 Å². The fourth-order valence-electron chi connectivity index (χ4n) is 4.29. The number of hydrogen-bond acceptors (Lipinski definition) is 2. The van der Waals surface area contributed by atoms with Crippen molar-refractivity contribution in [1.29, 1.82) is 0 Å². The first kappa shape index (κ1) is 13.4. The van der Waals surface area contributed by atoms with Crippen LogP contribution in [0.1, 0.15) is 44.1 Å². The van der Waals surface area contributed by atoms with Gasteiger partial charge in [0.15, 0.2) is 0 Å². The Morgan fingerprint density at radius 2 is 2.05 bits per heavy atom. The third kappa shape index (κ3) is 2.29. The third-order valence-corrected chi connectivity index (χ3v) is 5.35. The molecule has 1 aromatic carbocycles. The van der Waals surface area contributed by atoms with Gasteiger partial charge in [0.05, 0.1) is 17.2 Å². The highest BCUT2D eigenvalue weighted by atomic mass is 16.5. The van der Waals surface area contributed by atoms with Gasteiger partial charge in [0.25, 0.3) is 0 Å². The summed E-state index contributed by atoms with van der Waals surface area (Å²) >= 11 is 0. The van der Waals surface area contributed by atoms with Gasteiger partial charge >= 0.3 is 0 Å². The van der Waals surface area contributed by atoms with E-state index in [0.717, 1.165) is 6.54 Å². The Morgan fingerprint density at radius 1 is 1.19 bits per heavy atom. The summed E-state index contributed by atoms with van der Waals surface area (Å²) in [6.07, 6.45) is 10.2. The molecule has 1 saturated carbocycles. The molecule has 2 heterocycles. The minimum Gasteiger partial charge on any atom is -0.370 e. The predicted octanol–water partition coefficient (Wildman–Crippen LogP) is 3.59. The Hall–Kier alpha value is -1.32. The van der Waals surface area contributed by atoms with Crippen molar-refractivity contribution in [3.63, 3.8) is 0 Å². The monoisotopic (exact) mass is 284 g/mol. The molecule has 0 amide bonds. The molecule has 0 radical (unpaired) electrons. The van der Waals surface area contributed by atoms with Crippen molar-refractivity contribution in [3.05, 3.63) is 36.0 Å². The smallest absolute Gasteiger partial charge is 0.0762 e. The molecule has 1 aliphatic heterocycles. The maximum Gasteiger partial charge on any atom is 0.0762 e. The number of nitrogens with zero attached hydrogens (tertiary/aromatic N) is 1. The maximum absolute atomic E-state index is 6.45. The van der Waals surface area contributed by atoms with Crippen LogP contribution in [0.3, 0.4) is 0 Å². The fourth-order valence-corrected chi connectivity index (χ4v) is 4.29. The van der Waals surface area contributed by atoms with E-state index in [1.165, 1.54) is 55.0 Å². The Bertz CT molecular complexity index is 640. The van der Waals surface area contributed by atoms with Crippen LogP contribution in [0.4, 0.5) is 0 Å². The molecule has 112 valence electrons. The largest absolute Gasteiger partial charge is 0.370 e. The molecule has 2 aromatic rings. The number of rotatable bonds is 3. The van der Waals surface area contributed by atoms with E-state index in [-0.39, 0.29) is 5.60 Å². The molecule has 2 aliphatic rings. The number of hydrogen-bond donors (Lipinski definition) is 1. The van der Waals surface area contributed by atoms with Crippen molar-refractivity contribution in [2.75, 3.05) is 0 Å². The van der Waals surface area contributed by atoms with Gasteiger partial charge in [0.1, 0.15) is 0 Å². The first-order chi connectivity index (χ1) is 10.3. The van der Waals surface area contributed by atoms with Gasteiger partial charge in [-0.3, -0.25) is 0 Å². The number of para-hydroxylation sites is 1. The molecule has 1 atom stereocenters. The van der Waals surface area contributed by atoms with E-state index in [2.05, 4.69) is 35.0 Å². The molecule has 1 unspecified atom stereocenters. The summed E-state index contributed by atoms with van der Waals surface area (Å²) in [4.78, 5) is 0. The highest BCUT2D eigenvalue weighted by Gasteiger charge is 2.42. The van der Waals surface area contributed by atoms with E-state index in [1.54, 1.807) is 0 Å². The summed E-state index contributed by atoms with van der Waals surface area (Å²) in [7, 11) is 0. The van der Waals surface area contributed by atoms with Crippen LogP contribution >= 0.6 is 0 Å². The number of nitrogens with two attached hydrogens (primary N) is 1. The standard InChI is InChI=1S/C18H24N2O/c19-12-15-5-3-4-14-7-11-20(17(14)15)13-16-6-10-18(21-16)8-1-2-9-18/h3-5,7,11,16H,1-2,6,8-10,12-13,19H2. The molecule has 3 heteroatoms. The summed E-state index contributed by atoms with van der Waals surface area (Å²) in [5.41, 5.74) is 8.64. The predicted molar refractivity (Wildman–Crippen MR) is 85.1 cm³/mol. The SMILES string of the molecule is NCc1cccc2ccn(CC3CCC4(CCCC4)O3)c12. The van der Waals surface area contributed by atoms with E-state index in [9.17, 15) is 0 Å². The first-order valence-electron chi connectivity index (χ1n) is 8.24. The van der Waals surface area contributed by atoms with Crippen LogP contribution in [-0.4, -0.2) is 16.3 Å². The van der Waals surface area contributed by atoms with Crippen LogP contribution in [0.2, 0.25) is 0 Å². The third-order valence-electron chi connectivity index (χ3n) is 5.35. The average Bonchev–Trinajstić information content (AvgIpc) is 3.22. The molecule has 1 aromatic heterocycles. The van der Waals surface area contributed by atoms with Crippen molar-refractivity contribution in [2.45, 2.75) is 63.3 Å². The molecule has 2 N–H and O–H groups in total. The topological polar surface area (TPSA) is 40.2 Å². The van der Waals surface area contributed by atoms with Crippen LogP contribution in [0.5, 0.6) is 0 Å². The number of benzene rings is 1. The molecule has 21 heavy (non-hydrogen) atoms. The van der Waals surface area contributed by atoms with Crippen molar-refractivity contribution >= 4 is 10.9 Å². The van der Waals surface area contributed by atoms with Crippen LogP contribution < -0.4 is 5.73 Å². The summed E-state index contributed by atoms with van der Waals surface area (Å²) < 4.78 is 8.80. The quantitative estimate of drug-likeness (QED) is 0.935. The Balaban J connectivity index is 1.58. The lowest BCUT2D eigenvalue weighted by molar-refractivity contribution is -0.0414.